The van der Waals surface area contributed by atoms with E-state index in [9.17, 15) is 9.18 Å². The molecule has 0 fully saturated rings. The first-order valence-corrected chi connectivity index (χ1v) is 9.21. The predicted octanol–water partition coefficient (Wildman–Crippen LogP) is 5.29. The highest BCUT2D eigenvalue weighted by Crippen LogP contribution is 2.30. The Bertz CT molecular complexity index is 1110. The quantitative estimate of drug-likeness (QED) is 0.501. The topological polar surface area (TPSA) is 46.4 Å². The molecule has 1 atom stereocenters. The van der Waals surface area contributed by atoms with E-state index in [0.29, 0.717) is 10.7 Å². The number of amides is 1. The molecule has 0 aliphatic rings. The summed E-state index contributed by atoms with van der Waals surface area (Å²) in [5, 5.41) is 3.42. The zero-order valence-corrected chi connectivity index (χ0v) is 15.6. The SMILES string of the molecule is O=C(CC(c1ccccc1)c1cnc2ccc(Cl)cn12)Nc1ccc(F)cc1. The number of pyridine rings is 1. The Hall–Kier alpha value is -3.18. The molecule has 2 aromatic heterocycles. The van der Waals surface area contributed by atoms with Crippen LogP contribution in [0.3, 0.4) is 0 Å². The Kier molecular flexibility index (Phi) is 5.08. The highest BCUT2D eigenvalue weighted by atomic mass is 35.5. The summed E-state index contributed by atoms with van der Waals surface area (Å²) in [6, 6.07) is 19.1. The van der Waals surface area contributed by atoms with Crippen molar-refractivity contribution in [2.75, 3.05) is 5.32 Å². The molecule has 0 aliphatic heterocycles. The molecule has 0 spiro atoms. The van der Waals surface area contributed by atoms with Gasteiger partial charge in [0.1, 0.15) is 11.5 Å². The molecule has 0 saturated carbocycles. The van der Waals surface area contributed by atoms with E-state index >= 15 is 0 Å². The molecule has 0 bridgehead atoms. The number of imidazole rings is 1. The maximum atomic E-state index is 13.1. The summed E-state index contributed by atoms with van der Waals surface area (Å²) in [6.07, 6.45) is 3.78. The molecule has 1 N–H and O–H groups in total. The minimum atomic E-state index is -0.345. The summed E-state index contributed by atoms with van der Waals surface area (Å²) in [5.74, 6) is -0.727. The summed E-state index contributed by atoms with van der Waals surface area (Å²) < 4.78 is 15.0. The summed E-state index contributed by atoms with van der Waals surface area (Å²) in [4.78, 5) is 17.2. The Morgan fingerprint density at radius 3 is 2.57 bits per heavy atom. The van der Waals surface area contributed by atoms with E-state index in [-0.39, 0.29) is 24.1 Å². The Morgan fingerprint density at radius 1 is 1.07 bits per heavy atom. The van der Waals surface area contributed by atoms with Crippen molar-refractivity contribution in [3.63, 3.8) is 0 Å². The predicted molar refractivity (Wildman–Crippen MR) is 108 cm³/mol. The van der Waals surface area contributed by atoms with Gasteiger partial charge in [-0.25, -0.2) is 9.37 Å². The van der Waals surface area contributed by atoms with E-state index < -0.39 is 0 Å². The van der Waals surface area contributed by atoms with Crippen LogP contribution in [0.25, 0.3) is 5.65 Å². The first kappa shape index (κ1) is 18.2. The lowest BCUT2D eigenvalue weighted by Crippen LogP contribution is -2.17. The van der Waals surface area contributed by atoms with Gasteiger partial charge in [-0.15, -0.1) is 0 Å². The van der Waals surface area contributed by atoms with Crippen LogP contribution in [0.1, 0.15) is 23.6 Å². The largest absolute Gasteiger partial charge is 0.326 e. The number of carbonyl (C=O) groups is 1. The van der Waals surface area contributed by atoms with E-state index in [4.69, 9.17) is 11.6 Å². The van der Waals surface area contributed by atoms with Crippen LogP contribution in [-0.4, -0.2) is 15.3 Å². The third kappa shape index (κ3) is 3.89. The van der Waals surface area contributed by atoms with Gasteiger partial charge in [0.05, 0.1) is 10.7 Å². The first-order valence-electron chi connectivity index (χ1n) is 8.83. The highest BCUT2D eigenvalue weighted by molar-refractivity contribution is 6.30. The molecular formula is C22H17ClFN3O. The van der Waals surface area contributed by atoms with Gasteiger partial charge in [-0.3, -0.25) is 4.79 Å². The van der Waals surface area contributed by atoms with E-state index in [1.807, 2.05) is 40.8 Å². The second kappa shape index (κ2) is 7.82. The fraction of sp³-hybridized carbons (Fsp3) is 0.0909. The monoisotopic (exact) mass is 393 g/mol. The minimum absolute atomic E-state index is 0.169. The molecule has 2 aromatic carbocycles. The standard InChI is InChI=1S/C22H17ClFN3O/c23-16-6-11-21-25-13-20(27(21)14-16)19(15-4-2-1-3-5-15)12-22(28)26-18-9-7-17(24)8-10-18/h1-11,13-14,19H,12H2,(H,26,28). The number of hydrogen-bond acceptors (Lipinski definition) is 2. The molecule has 140 valence electrons. The van der Waals surface area contributed by atoms with Crippen molar-refractivity contribution in [2.45, 2.75) is 12.3 Å². The summed E-state index contributed by atoms with van der Waals surface area (Å²) >= 11 is 6.17. The lowest BCUT2D eigenvalue weighted by molar-refractivity contribution is -0.116. The molecular weight excluding hydrogens is 377 g/mol. The number of aromatic nitrogens is 2. The molecule has 4 aromatic rings. The van der Waals surface area contributed by atoms with Gasteiger partial charge in [0, 0.05) is 30.4 Å². The maximum absolute atomic E-state index is 13.1. The van der Waals surface area contributed by atoms with E-state index in [1.54, 1.807) is 30.6 Å². The fourth-order valence-electron chi connectivity index (χ4n) is 3.24. The molecule has 1 unspecified atom stereocenters. The molecule has 0 radical (unpaired) electrons. The Balaban J connectivity index is 1.67. The van der Waals surface area contributed by atoms with Gasteiger partial charge >= 0.3 is 0 Å². The molecule has 6 heteroatoms. The van der Waals surface area contributed by atoms with Gasteiger partial charge in [-0.1, -0.05) is 41.9 Å². The van der Waals surface area contributed by atoms with Crippen molar-refractivity contribution < 1.29 is 9.18 Å². The normalized spacial score (nSPS) is 12.1. The number of hydrogen-bond donors (Lipinski definition) is 1. The smallest absolute Gasteiger partial charge is 0.225 e. The maximum Gasteiger partial charge on any atom is 0.225 e. The van der Waals surface area contributed by atoms with Crippen LogP contribution < -0.4 is 5.32 Å². The van der Waals surface area contributed by atoms with Crippen LogP contribution in [0.2, 0.25) is 5.02 Å². The lowest BCUT2D eigenvalue weighted by atomic mass is 9.92. The minimum Gasteiger partial charge on any atom is -0.326 e. The lowest BCUT2D eigenvalue weighted by Gasteiger charge is -2.17. The fourth-order valence-corrected chi connectivity index (χ4v) is 3.40. The van der Waals surface area contributed by atoms with Crippen LogP contribution in [0.5, 0.6) is 0 Å². The molecule has 28 heavy (non-hydrogen) atoms. The number of fused-ring (bicyclic) bond motifs is 1. The average Bonchev–Trinajstić information content (AvgIpc) is 3.11. The van der Waals surface area contributed by atoms with Crippen molar-refractivity contribution in [2.24, 2.45) is 0 Å². The summed E-state index contributed by atoms with van der Waals surface area (Å²) in [6.45, 7) is 0. The zero-order valence-electron chi connectivity index (χ0n) is 14.8. The second-order valence-electron chi connectivity index (χ2n) is 6.48. The molecule has 0 aliphatic carbocycles. The molecule has 1 amide bonds. The Morgan fingerprint density at radius 2 is 1.82 bits per heavy atom. The average molecular weight is 394 g/mol. The van der Waals surface area contributed by atoms with Crippen LogP contribution in [0, 0.1) is 5.82 Å². The van der Waals surface area contributed by atoms with Gasteiger partial charge in [-0.2, -0.15) is 0 Å². The van der Waals surface area contributed by atoms with Crippen LogP contribution >= 0.6 is 11.6 Å². The number of nitrogens with zero attached hydrogens (tertiary/aromatic N) is 2. The summed E-state index contributed by atoms with van der Waals surface area (Å²) in [7, 11) is 0. The van der Waals surface area contributed by atoms with Gasteiger partial charge in [0.2, 0.25) is 5.91 Å². The Labute approximate surface area is 166 Å². The van der Waals surface area contributed by atoms with E-state index in [0.717, 1.165) is 16.9 Å². The van der Waals surface area contributed by atoms with Gasteiger partial charge in [-0.05, 0) is 42.0 Å². The molecule has 4 nitrogen and oxygen atoms in total. The molecule has 2 heterocycles. The highest BCUT2D eigenvalue weighted by Gasteiger charge is 2.22. The number of carbonyl (C=O) groups excluding carboxylic acids is 1. The van der Waals surface area contributed by atoms with Crippen molar-refractivity contribution in [1.82, 2.24) is 9.38 Å². The number of nitrogens with one attached hydrogen (secondary N) is 1. The zero-order chi connectivity index (χ0) is 19.5. The third-order valence-electron chi connectivity index (χ3n) is 4.57. The van der Waals surface area contributed by atoms with Crippen molar-refractivity contribution in [3.05, 3.63) is 101 Å². The van der Waals surface area contributed by atoms with Crippen LogP contribution in [0.4, 0.5) is 10.1 Å². The van der Waals surface area contributed by atoms with Crippen molar-refractivity contribution >= 4 is 28.8 Å². The number of halogens is 2. The van der Waals surface area contributed by atoms with Crippen molar-refractivity contribution in [3.8, 4) is 0 Å². The molecule has 0 saturated heterocycles. The number of rotatable bonds is 5. The number of benzene rings is 2. The van der Waals surface area contributed by atoms with Gasteiger partial charge in [0.15, 0.2) is 0 Å². The number of anilines is 1. The first-order chi connectivity index (χ1) is 13.6. The second-order valence-corrected chi connectivity index (χ2v) is 6.92. The van der Waals surface area contributed by atoms with Crippen LogP contribution in [-0.2, 0) is 4.79 Å². The van der Waals surface area contributed by atoms with Gasteiger partial charge in [0.25, 0.3) is 0 Å². The summed E-state index contributed by atoms with van der Waals surface area (Å²) in [5.41, 5.74) is 3.19. The third-order valence-corrected chi connectivity index (χ3v) is 4.80. The van der Waals surface area contributed by atoms with Gasteiger partial charge < -0.3 is 9.72 Å². The van der Waals surface area contributed by atoms with Crippen LogP contribution in [0.15, 0.2) is 79.1 Å². The van der Waals surface area contributed by atoms with E-state index in [2.05, 4.69) is 10.3 Å². The van der Waals surface area contributed by atoms with Crippen molar-refractivity contribution in [1.29, 1.82) is 0 Å². The molecule has 4 rings (SSSR count). The van der Waals surface area contributed by atoms with E-state index in [1.165, 1.54) is 12.1 Å².